The lowest BCUT2D eigenvalue weighted by Crippen LogP contribution is -2.00. The molecule has 1 rings (SSSR count). The minimum atomic E-state index is -0.442. The maximum atomic E-state index is 8.79. The number of benzene rings is 1. The summed E-state index contributed by atoms with van der Waals surface area (Å²) in [6, 6.07) is 8.89. The highest BCUT2D eigenvalue weighted by atomic mass is 35.5. The van der Waals surface area contributed by atoms with Crippen LogP contribution in [0.1, 0.15) is 11.5 Å². The Balaban J connectivity index is 2.89. The third-order valence-corrected chi connectivity index (χ3v) is 1.86. The van der Waals surface area contributed by atoms with E-state index in [1.165, 1.54) is 0 Å². The molecule has 0 aromatic heterocycles. The van der Waals surface area contributed by atoms with Crippen LogP contribution < -0.4 is 0 Å². The molecule has 1 atom stereocenters. The summed E-state index contributed by atoms with van der Waals surface area (Å²) in [5.74, 6) is -0.442. The van der Waals surface area contributed by atoms with Crippen LogP contribution in [0.25, 0.3) is 0 Å². The Bertz CT molecular complexity index is 288. The molecule has 1 aromatic rings. The summed E-state index contributed by atoms with van der Waals surface area (Å²) in [5.41, 5.74) is 0.796. The molecule has 3 heteroatoms. The monoisotopic (exact) mass is 181 g/mol. The zero-order chi connectivity index (χ0) is 8.97. The zero-order valence-electron chi connectivity index (χ0n) is 6.37. The Morgan fingerprint density at radius 3 is 2.42 bits per heavy atom. The Morgan fingerprint density at radius 1 is 1.42 bits per heavy atom. The molecule has 1 N–H and O–H groups in total. The highest BCUT2D eigenvalue weighted by molar-refractivity contribution is 6.30. The minimum Gasteiger partial charge on any atom is -0.395 e. The predicted molar refractivity (Wildman–Crippen MR) is 46.9 cm³/mol. The first kappa shape index (κ1) is 9.05. The average molecular weight is 182 g/mol. The van der Waals surface area contributed by atoms with Gasteiger partial charge in [-0.05, 0) is 17.7 Å². The van der Waals surface area contributed by atoms with Crippen molar-refractivity contribution in [2.45, 2.75) is 5.92 Å². The molecule has 0 heterocycles. The normalized spacial score (nSPS) is 12.1. The Kier molecular flexibility index (Phi) is 3.09. The number of aliphatic hydroxyl groups is 1. The van der Waals surface area contributed by atoms with E-state index in [0.29, 0.717) is 5.02 Å². The van der Waals surface area contributed by atoms with Crippen molar-refractivity contribution in [3.63, 3.8) is 0 Å². The molecule has 0 aliphatic heterocycles. The third-order valence-electron chi connectivity index (χ3n) is 1.61. The second-order valence-corrected chi connectivity index (χ2v) is 2.85. The van der Waals surface area contributed by atoms with Crippen molar-refractivity contribution in [3.8, 4) is 6.07 Å². The maximum absolute atomic E-state index is 8.79. The summed E-state index contributed by atoms with van der Waals surface area (Å²) < 4.78 is 0. The van der Waals surface area contributed by atoms with Crippen LogP contribution in [-0.4, -0.2) is 11.7 Å². The molecular formula is C9H8ClNO. The van der Waals surface area contributed by atoms with Crippen LogP contribution in [0.5, 0.6) is 0 Å². The SMILES string of the molecule is N#C[C@H](CO)c1ccc(Cl)cc1. The summed E-state index contributed by atoms with van der Waals surface area (Å²) in [6.45, 7) is -0.155. The van der Waals surface area contributed by atoms with E-state index in [9.17, 15) is 0 Å². The Morgan fingerprint density at radius 2 is 2.00 bits per heavy atom. The molecule has 0 unspecified atom stereocenters. The van der Waals surface area contributed by atoms with E-state index < -0.39 is 5.92 Å². The molecule has 0 saturated carbocycles. The number of nitriles is 1. The first-order valence-electron chi connectivity index (χ1n) is 3.54. The molecule has 0 aliphatic rings. The fraction of sp³-hybridized carbons (Fsp3) is 0.222. The Labute approximate surface area is 76.0 Å². The zero-order valence-corrected chi connectivity index (χ0v) is 7.12. The lowest BCUT2D eigenvalue weighted by molar-refractivity contribution is 0.286. The number of nitrogens with zero attached hydrogens (tertiary/aromatic N) is 1. The van der Waals surface area contributed by atoms with Gasteiger partial charge in [-0.15, -0.1) is 0 Å². The molecule has 62 valence electrons. The van der Waals surface area contributed by atoms with Gasteiger partial charge >= 0.3 is 0 Å². The number of hydrogen-bond acceptors (Lipinski definition) is 2. The van der Waals surface area contributed by atoms with Crippen molar-refractivity contribution >= 4 is 11.6 Å². The number of hydrogen-bond donors (Lipinski definition) is 1. The fourth-order valence-corrected chi connectivity index (χ4v) is 1.04. The van der Waals surface area contributed by atoms with Gasteiger partial charge in [-0.25, -0.2) is 0 Å². The van der Waals surface area contributed by atoms with E-state index in [1.807, 2.05) is 6.07 Å². The average Bonchev–Trinajstić information content (AvgIpc) is 2.10. The van der Waals surface area contributed by atoms with Crippen LogP contribution in [0.4, 0.5) is 0 Å². The lowest BCUT2D eigenvalue weighted by atomic mass is 10.0. The molecular weight excluding hydrogens is 174 g/mol. The molecule has 0 aliphatic carbocycles. The van der Waals surface area contributed by atoms with Gasteiger partial charge in [-0.2, -0.15) is 5.26 Å². The molecule has 0 spiro atoms. The molecule has 12 heavy (non-hydrogen) atoms. The molecule has 0 saturated heterocycles. The number of rotatable bonds is 2. The van der Waals surface area contributed by atoms with Gasteiger partial charge in [0.05, 0.1) is 18.6 Å². The molecule has 1 aromatic carbocycles. The second kappa shape index (κ2) is 4.10. The maximum Gasteiger partial charge on any atom is 0.0943 e. The second-order valence-electron chi connectivity index (χ2n) is 2.42. The molecule has 0 fully saturated rings. The molecule has 0 amide bonds. The summed E-state index contributed by atoms with van der Waals surface area (Å²) in [7, 11) is 0. The van der Waals surface area contributed by atoms with Crippen LogP contribution in [0.15, 0.2) is 24.3 Å². The van der Waals surface area contributed by atoms with Gasteiger partial charge in [-0.1, -0.05) is 23.7 Å². The third kappa shape index (κ3) is 1.97. The highest BCUT2D eigenvalue weighted by Crippen LogP contribution is 2.16. The molecule has 0 bridgehead atoms. The quantitative estimate of drug-likeness (QED) is 0.758. The van der Waals surface area contributed by atoms with Crippen molar-refractivity contribution in [3.05, 3.63) is 34.9 Å². The predicted octanol–water partition coefficient (Wildman–Crippen LogP) is 1.94. The summed E-state index contributed by atoms with van der Waals surface area (Å²) in [6.07, 6.45) is 0. The molecule has 0 radical (unpaired) electrons. The summed E-state index contributed by atoms with van der Waals surface area (Å²) in [5, 5.41) is 18.0. The number of halogens is 1. The van der Waals surface area contributed by atoms with Crippen molar-refractivity contribution in [2.24, 2.45) is 0 Å². The van der Waals surface area contributed by atoms with Crippen LogP contribution in [0.2, 0.25) is 5.02 Å². The van der Waals surface area contributed by atoms with Gasteiger partial charge in [0.2, 0.25) is 0 Å². The van der Waals surface area contributed by atoms with E-state index in [1.54, 1.807) is 24.3 Å². The molecule has 2 nitrogen and oxygen atoms in total. The van der Waals surface area contributed by atoms with E-state index in [4.69, 9.17) is 22.0 Å². The van der Waals surface area contributed by atoms with Gasteiger partial charge in [0.15, 0.2) is 0 Å². The van der Waals surface area contributed by atoms with Crippen molar-refractivity contribution in [1.29, 1.82) is 5.26 Å². The van der Waals surface area contributed by atoms with E-state index in [2.05, 4.69) is 0 Å². The van der Waals surface area contributed by atoms with Crippen molar-refractivity contribution in [1.82, 2.24) is 0 Å². The largest absolute Gasteiger partial charge is 0.395 e. The highest BCUT2D eigenvalue weighted by Gasteiger charge is 2.07. The van der Waals surface area contributed by atoms with Crippen LogP contribution in [0.3, 0.4) is 0 Å². The van der Waals surface area contributed by atoms with E-state index in [-0.39, 0.29) is 6.61 Å². The van der Waals surface area contributed by atoms with Gasteiger partial charge in [0, 0.05) is 5.02 Å². The fourth-order valence-electron chi connectivity index (χ4n) is 0.916. The van der Waals surface area contributed by atoms with E-state index in [0.717, 1.165) is 5.56 Å². The lowest BCUT2D eigenvalue weighted by Gasteiger charge is -2.04. The van der Waals surface area contributed by atoms with Crippen LogP contribution >= 0.6 is 11.6 Å². The van der Waals surface area contributed by atoms with Crippen LogP contribution in [-0.2, 0) is 0 Å². The van der Waals surface area contributed by atoms with Crippen molar-refractivity contribution < 1.29 is 5.11 Å². The topological polar surface area (TPSA) is 44.0 Å². The van der Waals surface area contributed by atoms with Crippen LogP contribution in [0, 0.1) is 11.3 Å². The standard InChI is InChI=1S/C9H8ClNO/c10-9-3-1-7(2-4-9)8(5-11)6-12/h1-4,8,12H,6H2/t8-/m1/s1. The summed E-state index contributed by atoms with van der Waals surface area (Å²) in [4.78, 5) is 0. The van der Waals surface area contributed by atoms with Gasteiger partial charge in [0.1, 0.15) is 0 Å². The van der Waals surface area contributed by atoms with Gasteiger partial charge < -0.3 is 5.11 Å². The van der Waals surface area contributed by atoms with Gasteiger partial charge in [-0.3, -0.25) is 0 Å². The first-order chi connectivity index (χ1) is 5.77. The van der Waals surface area contributed by atoms with Crippen molar-refractivity contribution in [2.75, 3.05) is 6.61 Å². The minimum absolute atomic E-state index is 0.155. The van der Waals surface area contributed by atoms with E-state index >= 15 is 0 Å². The first-order valence-corrected chi connectivity index (χ1v) is 3.91. The smallest absolute Gasteiger partial charge is 0.0943 e. The Hall–Kier alpha value is -1.04. The summed E-state index contributed by atoms with van der Waals surface area (Å²) >= 11 is 5.66. The van der Waals surface area contributed by atoms with Gasteiger partial charge in [0.25, 0.3) is 0 Å². The number of aliphatic hydroxyl groups excluding tert-OH is 1.